The van der Waals surface area contributed by atoms with Gasteiger partial charge in [0.05, 0.1) is 49.1 Å². The highest BCUT2D eigenvalue weighted by atomic mass is 19.1. The lowest BCUT2D eigenvalue weighted by Crippen LogP contribution is -2.52. The molecule has 7 N–H and O–H groups in total. The van der Waals surface area contributed by atoms with Crippen molar-refractivity contribution >= 4 is 63.9 Å². The number of aliphatic hydroxyl groups is 1. The second-order valence-electron chi connectivity index (χ2n) is 19.8. The molecule has 8 amide bonds. The average molecular weight is 1050 g/mol. The fourth-order valence-electron chi connectivity index (χ4n) is 10.6. The third-order valence-electron chi connectivity index (χ3n) is 14.7. The fraction of sp³-hybridized carbons (Fsp3) is 0.463. The van der Waals surface area contributed by atoms with Gasteiger partial charge in [0.25, 0.3) is 5.56 Å². The zero-order valence-electron chi connectivity index (χ0n) is 42.7. The highest BCUT2D eigenvalue weighted by molar-refractivity contribution is 6.03. The van der Waals surface area contributed by atoms with Gasteiger partial charge in [0.2, 0.25) is 47.3 Å². The minimum absolute atomic E-state index is 0.0289. The molecule has 4 aliphatic rings. The number of nitrogens with one attached hydrogen (secondary N) is 6. The minimum atomic E-state index is -1.83. The Morgan fingerprint density at radius 3 is 2.32 bits per heavy atom. The molecule has 4 aromatic rings. The van der Waals surface area contributed by atoms with Gasteiger partial charge >= 0.3 is 0 Å². The van der Waals surface area contributed by atoms with E-state index < -0.39 is 86.0 Å². The van der Waals surface area contributed by atoms with Gasteiger partial charge in [-0.3, -0.25) is 52.8 Å². The number of imide groups is 1. The van der Waals surface area contributed by atoms with Crippen LogP contribution in [0.1, 0.15) is 110 Å². The number of Topliss-reactive ketones (excluding diaryl/α,β-unsaturated/α-hetero) is 1. The normalized spacial score (nSPS) is 18.6. The number of amides is 8. The Hall–Kier alpha value is -7.72. The summed E-state index contributed by atoms with van der Waals surface area (Å²) in [5.74, 6) is -5.16. The molecule has 0 radical (unpaired) electrons. The molecule has 402 valence electrons. The molecular weight excluding hydrogens is 986 g/mol. The molecule has 1 fully saturated rings. The second kappa shape index (κ2) is 23.4. The Labute approximate surface area is 436 Å². The van der Waals surface area contributed by atoms with Crippen LogP contribution in [-0.4, -0.2) is 118 Å². The fourth-order valence-corrected chi connectivity index (χ4v) is 10.6. The highest BCUT2D eigenvalue weighted by Crippen LogP contribution is 2.46. The van der Waals surface area contributed by atoms with E-state index in [-0.39, 0.29) is 85.6 Å². The van der Waals surface area contributed by atoms with Crippen LogP contribution in [0.4, 0.5) is 4.39 Å². The summed E-state index contributed by atoms with van der Waals surface area (Å²) in [6, 6.07) is 9.99. The molecule has 0 bridgehead atoms. The maximum atomic E-state index is 15.4. The number of ether oxygens (including phenoxy) is 1. The Morgan fingerprint density at radius 2 is 1.58 bits per heavy atom. The van der Waals surface area contributed by atoms with Crippen LogP contribution >= 0.6 is 0 Å². The quantitative estimate of drug-likeness (QED) is 0.0292. The summed E-state index contributed by atoms with van der Waals surface area (Å²) in [7, 11) is 0. The predicted octanol–water partition coefficient (Wildman–Crippen LogP) is 1.21. The van der Waals surface area contributed by atoms with E-state index in [2.05, 4.69) is 31.9 Å². The molecular formula is C54H62FN9O12. The molecule has 2 aliphatic carbocycles. The van der Waals surface area contributed by atoms with Crippen LogP contribution in [0.2, 0.25) is 0 Å². The Morgan fingerprint density at radius 1 is 0.855 bits per heavy atom. The first-order valence-electron chi connectivity index (χ1n) is 25.7. The Balaban J connectivity index is 0.800. The van der Waals surface area contributed by atoms with E-state index in [0.717, 1.165) is 5.56 Å². The predicted molar refractivity (Wildman–Crippen MR) is 271 cm³/mol. The van der Waals surface area contributed by atoms with Gasteiger partial charge in [0.15, 0.2) is 5.78 Å². The SMILES string of the molecule is CC[C@@]1(O)C(=O)CCc2c1cc1n(c2=O)Cc2c-1nc1cc(F)c(C)c3c1c2[C@@H](NC(=O)COCNC(=O)CNC(=O)[C@H](Cc1ccccc1)NC(=O)CNC(=O)CNC(=O)CCCCCN1C(=O)CC(C)C1=O)CC3. The number of pyridine rings is 2. The van der Waals surface area contributed by atoms with Crippen molar-refractivity contribution in [1.82, 2.24) is 46.4 Å². The maximum absolute atomic E-state index is 15.4. The van der Waals surface area contributed by atoms with Gasteiger partial charge in [0.1, 0.15) is 30.8 Å². The molecule has 76 heavy (non-hydrogen) atoms. The molecule has 1 saturated heterocycles. The summed E-state index contributed by atoms with van der Waals surface area (Å²) >= 11 is 0. The third kappa shape index (κ3) is 11.7. The number of hydrogen-bond acceptors (Lipinski definition) is 13. The molecule has 1 unspecified atom stereocenters. The van der Waals surface area contributed by atoms with Crippen LogP contribution in [-0.2, 0) is 79.3 Å². The molecule has 2 aromatic carbocycles. The van der Waals surface area contributed by atoms with Gasteiger partial charge in [-0.05, 0) is 73.8 Å². The largest absolute Gasteiger partial charge is 0.377 e. The van der Waals surface area contributed by atoms with E-state index in [1.807, 2.05) is 0 Å². The molecule has 22 heteroatoms. The van der Waals surface area contributed by atoms with Gasteiger partial charge in [-0.25, -0.2) is 9.37 Å². The number of halogens is 1. The van der Waals surface area contributed by atoms with Crippen molar-refractivity contribution in [3.8, 4) is 11.4 Å². The summed E-state index contributed by atoms with van der Waals surface area (Å²) in [6.45, 7) is 3.17. The van der Waals surface area contributed by atoms with Crippen molar-refractivity contribution < 1.29 is 57.4 Å². The van der Waals surface area contributed by atoms with Crippen molar-refractivity contribution in [2.24, 2.45) is 5.92 Å². The van der Waals surface area contributed by atoms with Crippen LogP contribution in [0, 0.1) is 18.7 Å². The molecule has 2 aromatic heterocycles. The van der Waals surface area contributed by atoms with E-state index in [1.165, 1.54) is 11.0 Å². The standard InChI is InChI=1S/C54H62FN9O12/c1-4-54(75)35-21-40-50-34(26-64(40)53(74)33(35)15-17-41(54)65)49-37(16-14-32-30(3)36(55)22-38(62-50)48(32)49)60-46(70)27-76-28-59-44(68)24-58-51(72)39(20-31-11-7-5-8-12-31)61-45(69)25-57-43(67)23-56-42(66)13-9-6-10-18-63-47(71)19-29(2)52(63)73/h5,7-8,11-12,21-22,29,37,39,75H,4,6,9-10,13-20,23-28H2,1-3H3,(H,56,66)(H,57,67)(H,58,72)(H,59,68)(H,60,70)(H,61,69)/t29?,37-,39-,54-/m0/s1. The van der Waals surface area contributed by atoms with Gasteiger partial charge < -0.3 is 46.3 Å². The average Bonchev–Trinajstić information content (AvgIpc) is 3.97. The lowest BCUT2D eigenvalue weighted by molar-refractivity contribution is -0.140. The van der Waals surface area contributed by atoms with Gasteiger partial charge in [-0.1, -0.05) is 50.6 Å². The van der Waals surface area contributed by atoms with Crippen LogP contribution in [0.3, 0.4) is 0 Å². The first kappa shape index (κ1) is 54.5. The number of aromatic nitrogens is 2. The maximum Gasteiger partial charge on any atom is 0.254 e. The van der Waals surface area contributed by atoms with Crippen LogP contribution in [0.15, 0.2) is 47.3 Å². The number of nitrogens with zero attached hydrogens (tertiary/aromatic N) is 3. The number of carbonyl (C=O) groups excluding carboxylic acids is 9. The molecule has 2 aliphatic heterocycles. The first-order valence-corrected chi connectivity index (χ1v) is 25.7. The van der Waals surface area contributed by atoms with Crippen molar-refractivity contribution in [2.75, 3.05) is 39.5 Å². The summed E-state index contributed by atoms with van der Waals surface area (Å²) in [4.78, 5) is 135. The second-order valence-corrected chi connectivity index (χ2v) is 19.8. The smallest absolute Gasteiger partial charge is 0.254 e. The zero-order valence-corrected chi connectivity index (χ0v) is 42.7. The summed E-state index contributed by atoms with van der Waals surface area (Å²) in [6.07, 6.45) is 3.09. The van der Waals surface area contributed by atoms with Crippen LogP contribution in [0.25, 0.3) is 22.3 Å². The number of benzene rings is 2. The number of aryl methyl sites for hydroxylation is 1. The molecule has 21 nitrogen and oxygen atoms in total. The van der Waals surface area contributed by atoms with Crippen molar-refractivity contribution in [3.63, 3.8) is 0 Å². The van der Waals surface area contributed by atoms with Crippen LogP contribution < -0.4 is 37.5 Å². The molecule has 0 spiro atoms. The van der Waals surface area contributed by atoms with Gasteiger partial charge in [0, 0.05) is 66.3 Å². The first-order chi connectivity index (χ1) is 36.4. The van der Waals surface area contributed by atoms with E-state index in [9.17, 15) is 53.1 Å². The number of unbranched alkanes of at least 4 members (excludes halogenated alkanes) is 2. The molecule has 4 atom stereocenters. The highest BCUT2D eigenvalue weighted by Gasteiger charge is 2.44. The number of fused-ring (bicyclic) bond motifs is 5. The number of likely N-dealkylation sites (tertiary alicyclic amines) is 1. The van der Waals surface area contributed by atoms with Gasteiger partial charge in [-0.2, -0.15) is 0 Å². The van der Waals surface area contributed by atoms with Crippen molar-refractivity contribution in [3.05, 3.63) is 97.6 Å². The van der Waals surface area contributed by atoms with Crippen molar-refractivity contribution in [2.45, 2.75) is 116 Å². The monoisotopic (exact) mass is 1050 g/mol. The number of hydrogen-bond donors (Lipinski definition) is 7. The summed E-state index contributed by atoms with van der Waals surface area (Å²) in [5.41, 5.74) is 2.78. The van der Waals surface area contributed by atoms with E-state index in [1.54, 1.807) is 61.7 Å². The number of rotatable bonds is 22. The van der Waals surface area contributed by atoms with Crippen LogP contribution in [0.5, 0.6) is 0 Å². The summed E-state index contributed by atoms with van der Waals surface area (Å²) < 4.78 is 22.4. The van der Waals surface area contributed by atoms with Crippen molar-refractivity contribution in [1.29, 1.82) is 0 Å². The topological polar surface area (TPSA) is 293 Å². The molecule has 4 heterocycles. The zero-order chi connectivity index (χ0) is 54.4. The Bertz CT molecular complexity index is 3090. The summed E-state index contributed by atoms with van der Waals surface area (Å²) in [5, 5.41) is 27.6. The number of ketones is 1. The Kier molecular flexibility index (Phi) is 16.8. The minimum Gasteiger partial charge on any atom is -0.377 e. The lowest BCUT2D eigenvalue weighted by Gasteiger charge is -2.32. The van der Waals surface area contributed by atoms with Gasteiger partial charge in [-0.15, -0.1) is 0 Å². The molecule has 0 saturated carbocycles. The molecule has 8 rings (SSSR count). The lowest BCUT2D eigenvalue weighted by atomic mass is 9.77. The third-order valence-corrected chi connectivity index (χ3v) is 14.7. The van der Waals surface area contributed by atoms with E-state index in [0.29, 0.717) is 88.8 Å². The number of carbonyl (C=O) groups is 9. The van der Waals surface area contributed by atoms with E-state index >= 15 is 4.39 Å². The van der Waals surface area contributed by atoms with E-state index in [4.69, 9.17) is 9.72 Å².